The number of unbranched alkanes of at least 4 members (excludes halogenated alkanes) is 6. The average molecular weight is 397 g/mol. The summed E-state index contributed by atoms with van der Waals surface area (Å²) in [4.78, 5) is 23.8. The lowest BCUT2D eigenvalue weighted by atomic mass is 9.81. The van der Waals surface area contributed by atoms with E-state index in [0.29, 0.717) is 12.8 Å². The van der Waals surface area contributed by atoms with E-state index in [4.69, 9.17) is 4.74 Å². The third kappa shape index (κ3) is 11.1. The quantitative estimate of drug-likeness (QED) is 0.245. The Morgan fingerprint density at radius 3 is 2.07 bits per heavy atom. The predicted octanol–water partition coefficient (Wildman–Crippen LogP) is 6.76. The van der Waals surface area contributed by atoms with E-state index in [2.05, 4.69) is 20.8 Å². The number of carboxylic acid groups (broad SMARTS) is 1. The molecular weight excluding hydrogens is 352 g/mol. The van der Waals surface area contributed by atoms with Crippen molar-refractivity contribution in [1.29, 1.82) is 0 Å². The molecule has 1 aliphatic carbocycles. The predicted molar refractivity (Wildman–Crippen MR) is 114 cm³/mol. The maximum atomic E-state index is 12.6. The first-order valence-electron chi connectivity index (χ1n) is 11.9. The first kappa shape index (κ1) is 25.0. The molecule has 1 N–H and O–H groups in total. The highest BCUT2D eigenvalue weighted by Crippen LogP contribution is 2.31. The molecule has 1 saturated carbocycles. The Kier molecular flexibility index (Phi) is 13.3. The van der Waals surface area contributed by atoms with Crippen molar-refractivity contribution in [1.82, 2.24) is 0 Å². The molecule has 0 aromatic rings. The van der Waals surface area contributed by atoms with Crippen LogP contribution in [0.25, 0.3) is 0 Å². The van der Waals surface area contributed by atoms with Crippen molar-refractivity contribution in [2.24, 2.45) is 17.8 Å². The fourth-order valence-electron chi connectivity index (χ4n) is 4.21. The van der Waals surface area contributed by atoms with Gasteiger partial charge in [-0.25, -0.2) is 0 Å². The molecule has 1 fully saturated rings. The summed E-state index contributed by atoms with van der Waals surface area (Å²) < 4.78 is 5.86. The van der Waals surface area contributed by atoms with Crippen LogP contribution in [0.4, 0.5) is 0 Å². The van der Waals surface area contributed by atoms with Gasteiger partial charge in [-0.15, -0.1) is 0 Å². The van der Waals surface area contributed by atoms with E-state index in [1.54, 1.807) is 0 Å². The Bertz CT molecular complexity index is 432. The molecule has 164 valence electrons. The van der Waals surface area contributed by atoms with Crippen LogP contribution >= 0.6 is 0 Å². The summed E-state index contributed by atoms with van der Waals surface area (Å²) in [7, 11) is 0. The molecule has 28 heavy (non-hydrogen) atoms. The molecule has 0 radical (unpaired) electrons. The van der Waals surface area contributed by atoms with Crippen LogP contribution in [0.5, 0.6) is 0 Å². The van der Waals surface area contributed by atoms with Crippen molar-refractivity contribution in [2.75, 3.05) is 0 Å². The van der Waals surface area contributed by atoms with Gasteiger partial charge in [-0.3, -0.25) is 9.59 Å². The van der Waals surface area contributed by atoms with Gasteiger partial charge in [0.1, 0.15) is 6.10 Å². The van der Waals surface area contributed by atoms with E-state index in [1.165, 1.54) is 38.5 Å². The molecule has 1 rings (SSSR count). The van der Waals surface area contributed by atoms with Crippen molar-refractivity contribution in [3.8, 4) is 0 Å². The largest absolute Gasteiger partial charge is 0.481 e. The zero-order valence-corrected chi connectivity index (χ0v) is 18.6. The van der Waals surface area contributed by atoms with Crippen molar-refractivity contribution >= 4 is 11.9 Å². The van der Waals surface area contributed by atoms with E-state index < -0.39 is 5.97 Å². The third-order valence-corrected chi connectivity index (χ3v) is 6.08. The smallest absolute Gasteiger partial charge is 0.309 e. The number of hydrogen-bond donors (Lipinski definition) is 1. The summed E-state index contributed by atoms with van der Waals surface area (Å²) in [6, 6.07) is 0. The van der Waals surface area contributed by atoms with Gasteiger partial charge in [0.05, 0.1) is 11.8 Å². The van der Waals surface area contributed by atoms with E-state index in [1.807, 2.05) is 0 Å². The molecule has 3 atom stereocenters. The van der Waals surface area contributed by atoms with Crippen LogP contribution < -0.4 is 0 Å². The molecule has 0 aromatic heterocycles. The highest BCUT2D eigenvalue weighted by atomic mass is 16.5. The van der Waals surface area contributed by atoms with Gasteiger partial charge in [0.25, 0.3) is 0 Å². The summed E-state index contributed by atoms with van der Waals surface area (Å²) >= 11 is 0. The van der Waals surface area contributed by atoms with Gasteiger partial charge < -0.3 is 9.84 Å². The van der Waals surface area contributed by atoms with Gasteiger partial charge in [-0.1, -0.05) is 78.6 Å². The Morgan fingerprint density at radius 1 is 0.893 bits per heavy atom. The van der Waals surface area contributed by atoms with Crippen LogP contribution in [0.3, 0.4) is 0 Å². The number of ether oxygens (including phenoxy) is 1. The zero-order valence-electron chi connectivity index (χ0n) is 18.6. The summed E-state index contributed by atoms with van der Waals surface area (Å²) in [6.45, 7) is 6.73. The van der Waals surface area contributed by atoms with Gasteiger partial charge >= 0.3 is 11.9 Å². The zero-order chi connectivity index (χ0) is 20.8. The molecule has 0 spiro atoms. The highest BCUT2D eigenvalue weighted by molar-refractivity contribution is 5.75. The van der Waals surface area contributed by atoms with Crippen LogP contribution in [0.1, 0.15) is 117 Å². The van der Waals surface area contributed by atoms with Crippen molar-refractivity contribution in [2.45, 2.75) is 123 Å². The number of rotatable bonds is 15. The molecule has 4 heteroatoms. The van der Waals surface area contributed by atoms with Crippen molar-refractivity contribution in [3.63, 3.8) is 0 Å². The topological polar surface area (TPSA) is 63.6 Å². The highest BCUT2D eigenvalue weighted by Gasteiger charge is 2.32. The van der Waals surface area contributed by atoms with Crippen LogP contribution in [0, 0.1) is 17.8 Å². The number of carbonyl (C=O) groups is 2. The minimum Gasteiger partial charge on any atom is -0.481 e. The number of carboxylic acids is 1. The summed E-state index contributed by atoms with van der Waals surface area (Å²) in [5.74, 6) is -0.714. The first-order chi connectivity index (χ1) is 13.4. The molecule has 0 aromatic carbocycles. The van der Waals surface area contributed by atoms with Crippen LogP contribution in [0.2, 0.25) is 0 Å². The van der Waals surface area contributed by atoms with Gasteiger partial charge in [0.2, 0.25) is 0 Å². The molecule has 4 nitrogen and oxygen atoms in total. The second-order valence-corrected chi connectivity index (χ2v) is 9.19. The van der Waals surface area contributed by atoms with Gasteiger partial charge in [-0.2, -0.15) is 0 Å². The number of hydrogen-bond acceptors (Lipinski definition) is 3. The maximum absolute atomic E-state index is 12.6. The van der Waals surface area contributed by atoms with Crippen molar-refractivity contribution in [3.05, 3.63) is 0 Å². The van der Waals surface area contributed by atoms with Gasteiger partial charge in [0.15, 0.2) is 0 Å². The van der Waals surface area contributed by atoms with E-state index in [0.717, 1.165) is 50.9 Å². The Labute approximate surface area is 172 Å². The fourth-order valence-corrected chi connectivity index (χ4v) is 4.21. The number of carbonyl (C=O) groups excluding carboxylic acids is 1. The van der Waals surface area contributed by atoms with Crippen molar-refractivity contribution < 1.29 is 19.4 Å². The minimum atomic E-state index is -0.770. The summed E-state index contributed by atoms with van der Waals surface area (Å²) in [5, 5.41) is 9.23. The van der Waals surface area contributed by atoms with E-state index >= 15 is 0 Å². The Hall–Kier alpha value is -1.06. The molecule has 0 amide bonds. The van der Waals surface area contributed by atoms with Crippen LogP contribution in [-0.2, 0) is 14.3 Å². The number of esters is 1. The van der Waals surface area contributed by atoms with Crippen LogP contribution in [0.15, 0.2) is 0 Å². The monoisotopic (exact) mass is 396 g/mol. The third-order valence-electron chi connectivity index (χ3n) is 6.08. The normalized spacial score (nSPS) is 20.9. The second-order valence-electron chi connectivity index (χ2n) is 9.19. The average Bonchev–Trinajstić information content (AvgIpc) is 2.67. The molecule has 0 saturated heterocycles. The maximum Gasteiger partial charge on any atom is 0.309 e. The fraction of sp³-hybridized carbons (Fsp3) is 0.917. The molecule has 0 bridgehead atoms. The minimum absolute atomic E-state index is 0.0126. The van der Waals surface area contributed by atoms with E-state index in [9.17, 15) is 14.7 Å². The molecule has 1 aliphatic rings. The second kappa shape index (κ2) is 14.9. The lowest BCUT2D eigenvalue weighted by Gasteiger charge is -2.27. The lowest BCUT2D eigenvalue weighted by molar-refractivity contribution is -0.158. The Balaban J connectivity index is 2.29. The van der Waals surface area contributed by atoms with Gasteiger partial charge in [-0.05, 0) is 44.4 Å². The standard InChI is InChI=1S/C24H44O4/c1-4-5-16-22(17-11-9-7-6-8-10-13-19(2)3)28-24(27)21-15-12-14-20(18-21)23(25)26/h19-22H,4-18H2,1-3H3,(H,25,26). The van der Waals surface area contributed by atoms with Gasteiger partial charge in [0, 0.05) is 0 Å². The molecule has 0 aliphatic heterocycles. The summed E-state index contributed by atoms with van der Waals surface area (Å²) in [5.41, 5.74) is 0. The molecular formula is C24H44O4. The number of aliphatic carboxylic acids is 1. The first-order valence-corrected chi connectivity index (χ1v) is 11.9. The molecule has 0 heterocycles. The molecule has 3 unspecified atom stereocenters. The van der Waals surface area contributed by atoms with E-state index in [-0.39, 0.29) is 23.9 Å². The van der Waals surface area contributed by atoms with Crippen LogP contribution in [-0.4, -0.2) is 23.1 Å². The SMILES string of the molecule is CCCCC(CCCCCCCCC(C)C)OC(=O)C1CCCC(C(=O)O)C1. The lowest BCUT2D eigenvalue weighted by Crippen LogP contribution is -2.31. The Morgan fingerprint density at radius 2 is 1.46 bits per heavy atom. The summed E-state index contributed by atoms with van der Waals surface area (Å²) in [6.07, 6.45) is 15.7.